The average Bonchev–Trinajstić information content (AvgIpc) is 2.62. The fourth-order valence-electron chi connectivity index (χ4n) is 2.00. The van der Waals surface area contributed by atoms with Crippen LogP contribution in [0.5, 0.6) is 11.5 Å². The van der Waals surface area contributed by atoms with Crippen molar-refractivity contribution in [3.63, 3.8) is 0 Å². The fraction of sp³-hybridized carbons (Fsp3) is 0.444. The third kappa shape index (κ3) is 9.20. The topological polar surface area (TPSA) is 75.2 Å². The number of para-hydroxylation sites is 1. The quantitative estimate of drug-likeness (QED) is 0.218. The van der Waals surface area contributed by atoms with Gasteiger partial charge < -0.3 is 25.0 Å². The Morgan fingerprint density at radius 3 is 2.64 bits per heavy atom. The van der Waals surface area contributed by atoms with E-state index in [0.29, 0.717) is 24.7 Å². The van der Waals surface area contributed by atoms with Gasteiger partial charge in [-0.15, -0.1) is 30.6 Å². The zero-order chi connectivity index (χ0) is 20.2. The summed E-state index contributed by atoms with van der Waals surface area (Å²) in [6.07, 6.45) is 1.63. The number of likely N-dealkylation sites (N-methyl/N-ethyl adjacent to an activating group) is 1. The van der Waals surface area contributed by atoms with Crippen molar-refractivity contribution in [2.24, 2.45) is 4.99 Å². The van der Waals surface area contributed by atoms with Gasteiger partial charge in [0, 0.05) is 26.2 Å². The Morgan fingerprint density at radius 2 is 2.07 bits per heavy atom. The van der Waals surface area contributed by atoms with Gasteiger partial charge in [0.15, 0.2) is 17.5 Å². The second kappa shape index (κ2) is 14.0. The maximum absolute atomic E-state index is 12.8. The lowest BCUT2D eigenvalue weighted by Crippen LogP contribution is -2.43. The summed E-state index contributed by atoms with van der Waals surface area (Å²) in [5.74, 6) is 0.380. The van der Waals surface area contributed by atoms with Crippen molar-refractivity contribution in [2.75, 3.05) is 33.8 Å². The molecule has 0 aromatic heterocycles. The van der Waals surface area contributed by atoms with Crippen LogP contribution in [0, 0.1) is 0 Å². The van der Waals surface area contributed by atoms with Crippen LogP contribution < -0.4 is 20.1 Å². The summed E-state index contributed by atoms with van der Waals surface area (Å²) in [5, 5.41) is 5.85. The molecule has 1 rings (SSSR count). The molecular formula is C18H27F2IN4O3. The van der Waals surface area contributed by atoms with Gasteiger partial charge in [-0.05, 0) is 13.0 Å². The molecule has 0 aliphatic carbocycles. The van der Waals surface area contributed by atoms with Crippen molar-refractivity contribution in [3.8, 4) is 11.5 Å². The van der Waals surface area contributed by atoms with E-state index in [2.05, 4.69) is 26.9 Å². The number of benzene rings is 1. The van der Waals surface area contributed by atoms with Crippen LogP contribution in [0.3, 0.4) is 0 Å². The van der Waals surface area contributed by atoms with Gasteiger partial charge in [0.05, 0.1) is 19.7 Å². The van der Waals surface area contributed by atoms with Gasteiger partial charge in [-0.3, -0.25) is 4.79 Å². The molecule has 0 heterocycles. The van der Waals surface area contributed by atoms with Crippen molar-refractivity contribution < 1.29 is 23.0 Å². The van der Waals surface area contributed by atoms with E-state index in [-0.39, 0.29) is 54.5 Å². The second-order valence-electron chi connectivity index (χ2n) is 5.53. The Morgan fingerprint density at radius 1 is 1.36 bits per heavy atom. The number of carbonyl (C=O) groups excluding carboxylic acids is 1. The number of alkyl halides is 2. The lowest BCUT2D eigenvalue weighted by molar-refractivity contribution is -0.127. The number of carbonyl (C=O) groups is 1. The molecule has 0 atom stereocenters. The molecule has 0 unspecified atom stereocenters. The third-order valence-corrected chi connectivity index (χ3v) is 3.29. The van der Waals surface area contributed by atoms with Crippen molar-refractivity contribution in [1.82, 2.24) is 15.5 Å². The van der Waals surface area contributed by atoms with Crippen LogP contribution in [-0.4, -0.2) is 57.2 Å². The molecule has 0 saturated carbocycles. The van der Waals surface area contributed by atoms with E-state index in [1.165, 1.54) is 4.90 Å². The molecule has 1 amide bonds. The van der Waals surface area contributed by atoms with E-state index in [1.54, 1.807) is 45.3 Å². The summed E-state index contributed by atoms with van der Waals surface area (Å²) in [6, 6.07) is 4.85. The number of rotatable bonds is 10. The third-order valence-electron chi connectivity index (χ3n) is 3.29. The number of nitrogens with one attached hydrogen (secondary N) is 2. The Bertz CT molecular complexity index is 658. The standard InChI is InChI=1S/C18H26F2N4O3.HI/c1-5-10-21-18(23-12-15(25)24(3)4)22-11-13-8-7-9-14(26-6-2)16(13)27-17(19)20;/h5,7-9,17H,1,6,10-12H2,2-4H3,(H2,21,22,23);1H. The minimum absolute atomic E-state index is 0. The summed E-state index contributed by atoms with van der Waals surface area (Å²) in [6.45, 7) is 3.19. The normalized spacial score (nSPS) is 10.7. The summed E-state index contributed by atoms with van der Waals surface area (Å²) < 4.78 is 35.5. The van der Waals surface area contributed by atoms with E-state index >= 15 is 0 Å². The Balaban J connectivity index is 0.00000729. The molecule has 0 radical (unpaired) electrons. The molecule has 10 heteroatoms. The molecule has 1 aromatic rings. The van der Waals surface area contributed by atoms with Crippen molar-refractivity contribution in [2.45, 2.75) is 20.1 Å². The number of hydrogen-bond acceptors (Lipinski definition) is 4. The van der Waals surface area contributed by atoms with Gasteiger partial charge in [-0.25, -0.2) is 4.99 Å². The van der Waals surface area contributed by atoms with Crippen LogP contribution in [0.15, 0.2) is 35.8 Å². The lowest BCUT2D eigenvalue weighted by Gasteiger charge is -2.16. The number of halogens is 3. The first-order valence-electron chi connectivity index (χ1n) is 8.41. The molecule has 0 fully saturated rings. The van der Waals surface area contributed by atoms with Crippen LogP contribution in [-0.2, 0) is 11.3 Å². The summed E-state index contributed by atoms with van der Waals surface area (Å²) in [7, 11) is 3.29. The van der Waals surface area contributed by atoms with Gasteiger partial charge in [-0.2, -0.15) is 8.78 Å². The molecule has 158 valence electrons. The van der Waals surface area contributed by atoms with Gasteiger partial charge in [-0.1, -0.05) is 18.2 Å². The summed E-state index contributed by atoms with van der Waals surface area (Å²) in [5.41, 5.74) is 0.430. The molecule has 0 spiro atoms. The lowest BCUT2D eigenvalue weighted by atomic mass is 10.2. The molecule has 28 heavy (non-hydrogen) atoms. The molecule has 0 aliphatic heterocycles. The number of nitrogens with zero attached hydrogens (tertiary/aromatic N) is 2. The fourth-order valence-corrected chi connectivity index (χ4v) is 2.00. The zero-order valence-corrected chi connectivity index (χ0v) is 18.5. The number of aliphatic imine (C=N–C) groups is 1. The Kier molecular flexibility index (Phi) is 12.9. The largest absolute Gasteiger partial charge is 0.490 e. The highest BCUT2D eigenvalue weighted by molar-refractivity contribution is 14.0. The first kappa shape index (κ1) is 25.9. The predicted octanol–water partition coefficient (Wildman–Crippen LogP) is 2.61. The van der Waals surface area contributed by atoms with Crippen molar-refractivity contribution in [1.29, 1.82) is 0 Å². The van der Waals surface area contributed by atoms with Gasteiger partial charge in [0.2, 0.25) is 5.91 Å². The Labute approximate surface area is 181 Å². The molecule has 2 N–H and O–H groups in total. The van der Waals surface area contributed by atoms with Crippen molar-refractivity contribution in [3.05, 3.63) is 36.4 Å². The molecule has 7 nitrogen and oxygen atoms in total. The number of hydrogen-bond donors (Lipinski definition) is 2. The second-order valence-corrected chi connectivity index (χ2v) is 5.53. The van der Waals surface area contributed by atoms with Crippen LogP contribution in [0.25, 0.3) is 0 Å². The maximum Gasteiger partial charge on any atom is 0.387 e. The molecular weight excluding hydrogens is 485 g/mol. The highest BCUT2D eigenvalue weighted by atomic mass is 127. The first-order chi connectivity index (χ1) is 12.9. The van der Waals surface area contributed by atoms with E-state index in [9.17, 15) is 13.6 Å². The minimum atomic E-state index is -2.98. The molecule has 0 bridgehead atoms. The summed E-state index contributed by atoms with van der Waals surface area (Å²) in [4.78, 5) is 17.5. The van der Waals surface area contributed by atoms with Gasteiger partial charge in [0.25, 0.3) is 0 Å². The van der Waals surface area contributed by atoms with E-state index in [1.807, 2.05) is 0 Å². The minimum Gasteiger partial charge on any atom is -0.490 e. The number of ether oxygens (including phenoxy) is 2. The zero-order valence-electron chi connectivity index (χ0n) is 16.2. The van der Waals surface area contributed by atoms with E-state index < -0.39 is 6.61 Å². The maximum atomic E-state index is 12.8. The van der Waals surface area contributed by atoms with E-state index in [4.69, 9.17) is 4.74 Å². The van der Waals surface area contributed by atoms with Crippen LogP contribution in [0.4, 0.5) is 8.78 Å². The molecule has 0 aliphatic rings. The predicted molar refractivity (Wildman–Crippen MR) is 116 cm³/mol. The van der Waals surface area contributed by atoms with Crippen LogP contribution >= 0.6 is 24.0 Å². The number of guanidine groups is 1. The van der Waals surface area contributed by atoms with Gasteiger partial charge >= 0.3 is 6.61 Å². The van der Waals surface area contributed by atoms with Crippen LogP contribution in [0.1, 0.15) is 12.5 Å². The summed E-state index contributed by atoms with van der Waals surface area (Å²) >= 11 is 0. The SMILES string of the molecule is C=CCNC(=NCc1cccc(OCC)c1OC(F)F)NCC(=O)N(C)C.I. The van der Waals surface area contributed by atoms with E-state index in [0.717, 1.165) is 0 Å². The van der Waals surface area contributed by atoms with Gasteiger partial charge in [0.1, 0.15) is 0 Å². The monoisotopic (exact) mass is 512 g/mol. The first-order valence-corrected chi connectivity index (χ1v) is 8.41. The Hall–Kier alpha value is -2.11. The number of amides is 1. The van der Waals surface area contributed by atoms with Crippen molar-refractivity contribution >= 4 is 35.8 Å². The molecule has 0 saturated heterocycles. The average molecular weight is 512 g/mol. The smallest absolute Gasteiger partial charge is 0.387 e. The van der Waals surface area contributed by atoms with Crippen LogP contribution in [0.2, 0.25) is 0 Å². The molecule has 1 aromatic carbocycles. The highest BCUT2D eigenvalue weighted by Crippen LogP contribution is 2.33. The highest BCUT2D eigenvalue weighted by Gasteiger charge is 2.16.